The molecule has 5 heteroatoms. The number of hydrogen-bond acceptors (Lipinski definition) is 4. The predicted octanol–water partition coefficient (Wildman–Crippen LogP) is 3.64. The fraction of sp³-hybridized carbons (Fsp3) is 0.174. The van der Waals surface area contributed by atoms with Crippen molar-refractivity contribution in [3.63, 3.8) is 0 Å². The maximum absolute atomic E-state index is 10.4. The molecule has 0 radical (unpaired) electrons. The Labute approximate surface area is 163 Å². The lowest BCUT2D eigenvalue weighted by atomic mass is 10.1. The van der Waals surface area contributed by atoms with Crippen molar-refractivity contribution < 1.29 is 14.9 Å². The maximum atomic E-state index is 10.4. The van der Waals surface area contributed by atoms with Gasteiger partial charge in [0.1, 0.15) is 30.9 Å². The molecule has 1 atom stereocenters. The van der Waals surface area contributed by atoms with Gasteiger partial charge in [-0.2, -0.15) is 0 Å². The Bertz CT molecular complexity index is 1040. The van der Waals surface area contributed by atoms with Crippen molar-refractivity contribution in [3.05, 3.63) is 84.7 Å². The zero-order valence-electron chi connectivity index (χ0n) is 15.4. The van der Waals surface area contributed by atoms with Gasteiger partial charge in [-0.1, -0.05) is 54.6 Å². The van der Waals surface area contributed by atoms with Gasteiger partial charge in [0, 0.05) is 0 Å². The molecule has 1 heterocycles. The first-order valence-corrected chi connectivity index (χ1v) is 9.26. The van der Waals surface area contributed by atoms with Gasteiger partial charge in [0.25, 0.3) is 0 Å². The summed E-state index contributed by atoms with van der Waals surface area (Å²) >= 11 is 0. The topological polar surface area (TPSA) is 67.5 Å². The third kappa shape index (κ3) is 3.91. The molecule has 4 aromatic rings. The summed E-state index contributed by atoms with van der Waals surface area (Å²) in [6.07, 6.45) is -0.725. The van der Waals surface area contributed by atoms with E-state index in [9.17, 15) is 10.2 Å². The van der Waals surface area contributed by atoms with Gasteiger partial charge in [-0.3, -0.25) is 0 Å². The SMILES string of the molecule is OCc1nc2ccccc2n1C[C@H](O)COc1ccc(-c2ccccc2)cc1. The van der Waals surface area contributed by atoms with Gasteiger partial charge < -0.3 is 19.5 Å². The summed E-state index contributed by atoms with van der Waals surface area (Å²) in [6.45, 7) is 0.282. The van der Waals surface area contributed by atoms with Crippen LogP contribution in [0.15, 0.2) is 78.9 Å². The van der Waals surface area contributed by atoms with E-state index in [1.165, 1.54) is 0 Å². The van der Waals surface area contributed by atoms with Crippen LogP contribution in [0.5, 0.6) is 5.75 Å². The van der Waals surface area contributed by atoms with E-state index in [2.05, 4.69) is 17.1 Å². The number of rotatable bonds is 7. The summed E-state index contributed by atoms with van der Waals surface area (Å²) in [4.78, 5) is 4.40. The minimum atomic E-state index is -0.725. The van der Waals surface area contributed by atoms with Crippen LogP contribution in [0.1, 0.15) is 5.82 Å². The van der Waals surface area contributed by atoms with Crippen molar-refractivity contribution in [2.24, 2.45) is 0 Å². The summed E-state index contributed by atoms with van der Waals surface area (Å²) in [5.74, 6) is 1.24. The van der Waals surface area contributed by atoms with E-state index >= 15 is 0 Å². The molecule has 5 nitrogen and oxygen atoms in total. The number of fused-ring (bicyclic) bond motifs is 1. The van der Waals surface area contributed by atoms with Crippen LogP contribution >= 0.6 is 0 Å². The zero-order chi connectivity index (χ0) is 19.3. The van der Waals surface area contributed by atoms with E-state index in [-0.39, 0.29) is 13.2 Å². The molecule has 0 aliphatic carbocycles. The normalized spacial score (nSPS) is 12.2. The Morgan fingerprint density at radius 3 is 2.29 bits per heavy atom. The van der Waals surface area contributed by atoms with Crippen LogP contribution in [0, 0.1) is 0 Å². The van der Waals surface area contributed by atoms with Gasteiger partial charge in [-0.15, -0.1) is 0 Å². The largest absolute Gasteiger partial charge is 0.491 e. The maximum Gasteiger partial charge on any atom is 0.135 e. The number of imidazole rings is 1. The molecule has 0 saturated carbocycles. The fourth-order valence-electron chi connectivity index (χ4n) is 3.28. The van der Waals surface area contributed by atoms with Crippen molar-refractivity contribution in [1.29, 1.82) is 0 Å². The van der Waals surface area contributed by atoms with Crippen molar-refractivity contribution in [2.45, 2.75) is 19.3 Å². The standard InChI is InChI=1S/C23H22N2O3/c26-15-23-24-21-8-4-5-9-22(21)25(23)14-19(27)16-28-20-12-10-18(11-13-20)17-6-2-1-3-7-17/h1-13,19,26-27H,14-16H2/t19-/m0/s1. The van der Waals surface area contributed by atoms with E-state index < -0.39 is 6.10 Å². The van der Waals surface area contributed by atoms with E-state index in [0.29, 0.717) is 18.1 Å². The van der Waals surface area contributed by atoms with Gasteiger partial charge in [0.05, 0.1) is 17.6 Å². The monoisotopic (exact) mass is 374 g/mol. The molecule has 0 aliphatic heterocycles. The fourth-order valence-corrected chi connectivity index (χ4v) is 3.28. The van der Waals surface area contributed by atoms with Crippen LogP contribution in [-0.2, 0) is 13.2 Å². The molecular formula is C23H22N2O3. The second-order valence-electron chi connectivity index (χ2n) is 6.64. The van der Waals surface area contributed by atoms with Gasteiger partial charge >= 0.3 is 0 Å². The lowest BCUT2D eigenvalue weighted by molar-refractivity contribution is 0.0915. The number of hydrogen-bond donors (Lipinski definition) is 2. The zero-order valence-corrected chi connectivity index (χ0v) is 15.4. The molecule has 28 heavy (non-hydrogen) atoms. The minimum absolute atomic E-state index is 0.155. The smallest absolute Gasteiger partial charge is 0.135 e. The molecule has 0 fully saturated rings. The molecule has 1 aromatic heterocycles. The van der Waals surface area contributed by atoms with Gasteiger partial charge in [-0.05, 0) is 35.4 Å². The highest BCUT2D eigenvalue weighted by atomic mass is 16.5. The molecular weight excluding hydrogens is 352 g/mol. The van der Waals surface area contributed by atoms with E-state index in [1.54, 1.807) is 0 Å². The van der Waals surface area contributed by atoms with Crippen LogP contribution < -0.4 is 4.74 Å². The molecule has 0 spiro atoms. The quantitative estimate of drug-likeness (QED) is 0.518. The molecule has 2 N–H and O–H groups in total. The van der Waals surface area contributed by atoms with E-state index in [0.717, 1.165) is 22.2 Å². The van der Waals surface area contributed by atoms with Crippen molar-refractivity contribution in [1.82, 2.24) is 9.55 Å². The minimum Gasteiger partial charge on any atom is -0.491 e. The lowest BCUT2D eigenvalue weighted by Crippen LogP contribution is -2.24. The molecule has 3 aromatic carbocycles. The average molecular weight is 374 g/mol. The first kappa shape index (κ1) is 18.2. The average Bonchev–Trinajstić information content (AvgIpc) is 3.11. The number of aromatic nitrogens is 2. The predicted molar refractivity (Wildman–Crippen MR) is 109 cm³/mol. The highest BCUT2D eigenvalue weighted by molar-refractivity contribution is 5.75. The number of nitrogens with zero attached hydrogens (tertiary/aromatic N) is 2. The second-order valence-corrected chi connectivity index (χ2v) is 6.64. The molecule has 0 amide bonds. The van der Waals surface area contributed by atoms with Gasteiger partial charge in [-0.25, -0.2) is 4.98 Å². The van der Waals surface area contributed by atoms with Crippen molar-refractivity contribution in [2.75, 3.05) is 6.61 Å². The molecule has 142 valence electrons. The van der Waals surface area contributed by atoms with E-state index in [4.69, 9.17) is 4.74 Å². The Hall–Kier alpha value is -3.15. The Balaban J connectivity index is 1.40. The third-order valence-electron chi connectivity index (χ3n) is 4.67. The highest BCUT2D eigenvalue weighted by Crippen LogP contribution is 2.22. The molecule has 0 bridgehead atoms. The number of ether oxygens (including phenoxy) is 1. The van der Waals surface area contributed by atoms with Crippen molar-refractivity contribution >= 4 is 11.0 Å². The Morgan fingerprint density at radius 2 is 1.54 bits per heavy atom. The molecule has 0 aliphatic rings. The van der Waals surface area contributed by atoms with Crippen LogP contribution in [0.25, 0.3) is 22.2 Å². The van der Waals surface area contributed by atoms with Crippen LogP contribution in [0.3, 0.4) is 0 Å². The number of benzene rings is 3. The summed E-state index contributed by atoms with van der Waals surface area (Å²) in [5.41, 5.74) is 3.96. The van der Waals surface area contributed by atoms with Crippen molar-refractivity contribution in [3.8, 4) is 16.9 Å². The van der Waals surface area contributed by atoms with Gasteiger partial charge in [0.15, 0.2) is 0 Å². The first-order valence-electron chi connectivity index (χ1n) is 9.26. The van der Waals surface area contributed by atoms with Crippen LogP contribution in [-0.4, -0.2) is 32.5 Å². The first-order chi connectivity index (χ1) is 13.7. The Morgan fingerprint density at radius 1 is 0.857 bits per heavy atom. The second kappa shape index (κ2) is 8.25. The summed E-state index contributed by atoms with van der Waals surface area (Å²) in [5, 5.41) is 20.0. The number of aliphatic hydroxyl groups is 2. The van der Waals surface area contributed by atoms with Crippen LogP contribution in [0.2, 0.25) is 0 Å². The highest BCUT2D eigenvalue weighted by Gasteiger charge is 2.14. The number of para-hydroxylation sites is 2. The molecule has 4 rings (SSSR count). The molecule has 0 unspecified atom stereocenters. The van der Waals surface area contributed by atoms with E-state index in [1.807, 2.05) is 71.3 Å². The Kier molecular flexibility index (Phi) is 5.37. The summed E-state index contributed by atoms with van der Waals surface area (Å²) in [7, 11) is 0. The van der Waals surface area contributed by atoms with Crippen LogP contribution in [0.4, 0.5) is 0 Å². The summed E-state index contributed by atoms with van der Waals surface area (Å²) in [6, 6.07) is 25.6. The summed E-state index contributed by atoms with van der Waals surface area (Å²) < 4.78 is 7.58. The lowest BCUT2D eigenvalue weighted by Gasteiger charge is -2.15. The third-order valence-corrected chi connectivity index (χ3v) is 4.67. The number of aliphatic hydroxyl groups excluding tert-OH is 2. The molecule has 0 saturated heterocycles. The van der Waals surface area contributed by atoms with Gasteiger partial charge in [0.2, 0.25) is 0 Å².